The van der Waals surface area contributed by atoms with E-state index < -0.39 is 18.1 Å². The van der Waals surface area contributed by atoms with Crippen LogP contribution in [-0.4, -0.2) is 62.3 Å². The van der Waals surface area contributed by atoms with Crippen molar-refractivity contribution in [3.05, 3.63) is 0 Å². The van der Waals surface area contributed by atoms with Crippen molar-refractivity contribution in [2.24, 2.45) is 11.8 Å². The van der Waals surface area contributed by atoms with E-state index in [-0.39, 0.29) is 30.5 Å². The smallest absolute Gasteiger partial charge is 0.211 e. The van der Waals surface area contributed by atoms with E-state index >= 15 is 0 Å². The fourth-order valence-electron chi connectivity index (χ4n) is 3.70. The van der Waals surface area contributed by atoms with E-state index in [2.05, 4.69) is 4.72 Å². The average molecular weight is 338 g/mol. The SMILES string of the molecule is O=S(=O)(CCC[Si](CO)(CO)CO)NC1CC2CCC1C2. The molecule has 0 aromatic rings. The zero-order valence-electron chi connectivity index (χ0n) is 12.4. The molecule has 0 spiro atoms. The summed E-state index contributed by atoms with van der Waals surface area (Å²) in [6.07, 6.45) is 4.24. The van der Waals surface area contributed by atoms with Gasteiger partial charge in [-0.25, -0.2) is 13.1 Å². The number of sulfonamides is 1. The molecule has 0 radical (unpaired) electrons. The van der Waals surface area contributed by atoms with Crippen LogP contribution in [0.5, 0.6) is 0 Å². The van der Waals surface area contributed by atoms with E-state index in [1.165, 1.54) is 6.42 Å². The number of hydrogen-bond donors (Lipinski definition) is 4. The first-order chi connectivity index (χ1) is 9.93. The molecule has 2 rings (SSSR count). The molecule has 2 fully saturated rings. The Morgan fingerprint density at radius 1 is 1.05 bits per heavy atom. The summed E-state index contributed by atoms with van der Waals surface area (Å²) in [5.41, 5.74) is 0. The van der Waals surface area contributed by atoms with Crippen LogP contribution in [0.15, 0.2) is 0 Å². The molecule has 124 valence electrons. The standard InChI is InChI=1S/C13H27NO5SSi/c15-8-21(9-16,10-17)5-1-4-20(18,19)14-13-7-11-2-3-12(13)6-11/h11-17H,1-10H2. The summed E-state index contributed by atoms with van der Waals surface area (Å²) >= 11 is 0. The zero-order chi connectivity index (χ0) is 15.5. The van der Waals surface area contributed by atoms with Crippen LogP contribution in [0, 0.1) is 11.8 Å². The largest absolute Gasteiger partial charge is 0.399 e. The second-order valence-electron chi connectivity index (χ2n) is 6.80. The van der Waals surface area contributed by atoms with Crippen LogP contribution in [0.1, 0.15) is 32.1 Å². The van der Waals surface area contributed by atoms with Gasteiger partial charge in [-0.2, -0.15) is 0 Å². The monoisotopic (exact) mass is 337 g/mol. The topological polar surface area (TPSA) is 107 Å². The lowest BCUT2D eigenvalue weighted by Gasteiger charge is -2.25. The van der Waals surface area contributed by atoms with Gasteiger partial charge in [-0.3, -0.25) is 0 Å². The molecule has 0 aromatic carbocycles. The lowest BCUT2D eigenvalue weighted by atomic mass is 9.96. The molecule has 0 amide bonds. The van der Waals surface area contributed by atoms with E-state index in [0.29, 0.717) is 24.3 Å². The fraction of sp³-hybridized carbons (Fsp3) is 1.00. The van der Waals surface area contributed by atoms with Gasteiger partial charge in [-0.1, -0.05) is 12.5 Å². The van der Waals surface area contributed by atoms with Gasteiger partial charge in [-0.05, 0) is 37.5 Å². The molecular formula is C13H27NO5SSi. The van der Waals surface area contributed by atoms with Crippen molar-refractivity contribution >= 4 is 18.1 Å². The Kier molecular flexibility index (Phi) is 5.83. The summed E-state index contributed by atoms with van der Waals surface area (Å²) in [4.78, 5) is 0. The molecule has 0 aromatic heterocycles. The summed E-state index contributed by atoms with van der Waals surface area (Å²) in [6.45, 7) is 0. The minimum atomic E-state index is -3.31. The van der Waals surface area contributed by atoms with Gasteiger partial charge in [0, 0.05) is 24.7 Å². The van der Waals surface area contributed by atoms with Crippen LogP contribution in [0.25, 0.3) is 0 Å². The molecule has 2 saturated carbocycles. The van der Waals surface area contributed by atoms with Crippen LogP contribution in [-0.2, 0) is 10.0 Å². The first-order valence-corrected chi connectivity index (χ1v) is 12.2. The highest BCUT2D eigenvalue weighted by Crippen LogP contribution is 2.44. The summed E-state index contributed by atoms with van der Waals surface area (Å²) < 4.78 is 27.1. The van der Waals surface area contributed by atoms with E-state index in [0.717, 1.165) is 19.3 Å². The van der Waals surface area contributed by atoms with Gasteiger partial charge in [0.15, 0.2) is 0 Å². The maximum atomic E-state index is 12.1. The Morgan fingerprint density at radius 2 is 1.71 bits per heavy atom. The summed E-state index contributed by atoms with van der Waals surface area (Å²) in [6, 6.07) is 0.526. The van der Waals surface area contributed by atoms with Crippen molar-refractivity contribution in [2.45, 2.75) is 44.2 Å². The van der Waals surface area contributed by atoms with Crippen molar-refractivity contribution in [3.63, 3.8) is 0 Å². The number of hydrogen-bond acceptors (Lipinski definition) is 5. The second-order valence-corrected chi connectivity index (χ2v) is 13.1. The lowest BCUT2D eigenvalue weighted by Crippen LogP contribution is -2.48. The Bertz CT molecular complexity index is 432. The molecule has 0 aliphatic heterocycles. The van der Waals surface area contributed by atoms with Gasteiger partial charge in [0.1, 0.15) is 8.07 Å². The van der Waals surface area contributed by atoms with Gasteiger partial charge in [0.2, 0.25) is 10.0 Å². The lowest BCUT2D eigenvalue weighted by molar-refractivity contribution is 0.286. The van der Waals surface area contributed by atoms with Crippen LogP contribution in [0.2, 0.25) is 6.04 Å². The Balaban J connectivity index is 1.79. The molecule has 3 unspecified atom stereocenters. The predicted octanol–water partition coefficient (Wildman–Crippen LogP) is -0.472. The molecule has 0 saturated heterocycles. The maximum absolute atomic E-state index is 12.1. The van der Waals surface area contributed by atoms with Gasteiger partial charge >= 0.3 is 0 Å². The highest BCUT2D eigenvalue weighted by atomic mass is 32.2. The van der Waals surface area contributed by atoms with Crippen molar-refractivity contribution in [2.75, 3.05) is 24.4 Å². The third kappa shape index (κ3) is 4.26. The Labute approximate surface area is 127 Å². The first-order valence-electron chi connectivity index (χ1n) is 7.76. The van der Waals surface area contributed by atoms with Gasteiger partial charge < -0.3 is 15.3 Å². The molecule has 21 heavy (non-hydrogen) atoms. The highest BCUT2D eigenvalue weighted by Gasteiger charge is 2.41. The fourth-order valence-corrected chi connectivity index (χ4v) is 7.05. The zero-order valence-corrected chi connectivity index (χ0v) is 14.2. The van der Waals surface area contributed by atoms with E-state index in [1.807, 2.05) is 0 Å². The van der Waals surface area contributed by atoms with Crippen LogP contribution >= 0.6 is 0 Å². The third-order valence-corrected chi connectivity index (χ3v) is 10.1. The normalized spacial score (nSPS) is 29.2. The summed E-state index contributed by atoms with van der Waals surface area (Å²) in [5, 5.41) is 27.9. The van der Waals surface area contributed by atoms with Crippen molar-refractivity contribution in [1.82, 2.24) is 4.72 Å². The number of aliphatic hydroxyl groups excluding tert-OH is 3. The summed E-state index contributed by atoms with van der Waals surface area (Å²) in [7, 11) is -5.81. The average Bonchev–Trinajstić information content (AvgIpc) is 3.06. The predicted molar refractivity (Wildman–Crippen MR) is 82.6 cm³/mol. The Morgan fingerprint density at radius 3 is 2.19 bits per heavy atom. The molecule has 2 bridgehead atoms. The third-order valence-electron chi connectivity index (χ3n) is 5.20. The minimum absolute atomic E-state index is 0.00956. The summed E-state index contributed by atoms with van der Waals surface area (Å²) in [5.74, 6) is 1.21. The van der Waals surface area contributed by atoms with E-state index in [1.54, 1.807) is 0 Å². The van der Waals surface area contributed by atoms with Gasteiger partial charge in [0.25, 0.3) is 0 Å². The molecule has 3 atom stereocenters. The molecule has 4 N–H and O–H groups in total. The molecule has 8 heteroatoms. The molecular weight excluding hydrogens is 310 g/mol. The Hall–Kier alpha value is 0.00688. The van der Waals surface area contributed by atoms with Crippen molar-refractivity contribution in [1.29, 1.82) is 0 Å². The molecule has 6 nitrogen and oxygen atoms in total. The van der Waals surface area contributed by atoms with E-state index in [4.69, 9.17) is 0 Å². The maximum Gasteiger partial charge on any atom is 0.211 e. The van der Waals surface area contributed by atoms with Crippen LogP contribution in [0.3, 0.4) is 0 Å². The number of rotatable bonds is 9. The highest BCUT2D eigenvalue weighted by molar-refractivity contribution is 7.89. The number of aliphatic hydroxyl groups is 3. The minimum Gasteiger partial charge on any atom is -0.399 e. The first kappa shape index (κ1) is 17.4. The quantitative estimate of drug-likeness (QED) is 0.426. The molecule has 2 aliphatic rings. The van der Waals surface area contributed by atoms with Gasteiger partial charge in [-0.15, -0.1) is 0 Å². The van der Waals surface area contributed by atoms with Crippen LogP contribution in [0.4, 0.5) is 0 Å². The van der Waals surface area contributed by atoms with Crippen molar-refractivity contribution < 1.29 is 23.7 Å². The van der Waals surface area contributed by atoms with Crippen molar-refractivity contribution in [3.8, 4) is 0 Å². The van der Waals surface area contributed by atoms with Crippen LogP contribution < -0.4 is 4.72 Å². The molecule has 2 aliphatic carbocycles. The second kappa shape index (κ2) is 7.06. The number of fused-ring (bicyclic) bond motifs is 2. The molecule has 0 heterocycles. The van der Waals surface area contributed by atoms with E-state index in [9.17, 15) is 23.7 Å². The number of nitrogens with one attached hydrogen (secondary N) is 1. The van der Waals surface area contributed by atoms with Gasteiger partial charge in [0.05, 0.1) is 5.75 Å².